The van der Waals surface area contributed by atoms with Crippen LogP contribution in [0.1, 0.15) is 18.7 Å². The lowest BCUT2D eigenvalue weighted by Gasteiger charge is -2.31. The molecule has 0 fully saturated rings. The molecule has 0 saturated carbocycles. The van der Waals surface area contributed by atoms with Crippen molar-refractivity contribution in [3.05, 3.63) is 72.3 Å². The van der Waals surface area contributed by atoms with Crippen LogP contribution in [-0.4, -0.2) is 37.6 Å². The van der Waals surface area contributed by atoms with Crippen molar-refractivity contribution in [3.8, 4) is 11.3 Å². The first-order valence-electron chi connectivity index (χ1n) is 11.1. The molecule has 0 bridgehead atoms. The maximum absolute atomic E-state index is 15.4. The van der Waals surface area contributed by atoms with Crippen molar-refractivity contribution in [2.75, 3.05) is 16.3 Å². The van der Waals surface area contributed by atoms with Gasteiger partial charge in [-0.3, -0.25) is 14.3 Å². The monoisotopic (exact) mass is 463 g/mol. The van der Waals surface area contributed by atoms with Crippen molar-refractivity contribution in [2.24, 2.45) is 7.05 Å². The van der Waals surface area contributed by atoms with Crippen molar-refractivity contribution in [1.82, 2.24) is 24.9 Å². The fraction of sp³-hybridized carbons (Fsp3) is 0.250. The highest BCUT2D eigenvalue weighted by Crippen LogP contribution is 2.42. The zero-order chi connectivity index (χ0) is 23.6. The van der Waals surface area contributed by atoms with Crippen LogP contribution in [0.3, 0.4) is 0 Å². The van der Waals surface area contributed by atoms with Gasteiger partial charge < -0.3 is 15.3 Å². The molecule has 4 heterocycles. The normalized spacial score (nSPS) is 19.9. The summed E-state index contributed by atoms with van der Waals surface area (Å²) < 4.78 is 32.5. The zero-order valence-corrected chi connectivity index (χ0v) is 18.7. The highest BCUT2D eigenvalue weighted by molar-refractivity contribution is 5.85. The van der Waals surface area contributed by atoms with Crippen molar-refractivity contribution in [2.45, 2.75) is 25.9 Å². The van der Waals surface area contributed by atoms with Crippen LogP contribution in [0.2, 0.25) is 0 Å². The molecule has 0 radical (unpaired) electrons. The summed E-state index contributed by atoms with van der Waals surface area (Å²) in [5.41, 5.74) is 3.86. The van der Waals surface area contributed by atoms with Crippen molar-refractivity contribution in [1.29, 1.82) is 0 Å². The van der Waals surface area contributed by atoms with Crippen LogP contribution in [0.15, 0.2) is 55.0 Å². The quantitative estimate of drug-likeness (QED) is 0.485. The molecule has 6 rings (SSSR count). The van der Waals surface area contributed by atoms with Crippen molar-refractivity contribution >= 4 is 22.3 Å². The molecule has 2 aliphatic heterocycles. The largest absolute Gasteiger partial charge is 0.356 e. The molecule has 0 aliphatic carbocycles. The summed E-state index contributed by atoms with van der Waals surface area (Å²) in [5, 5.41) is 24.1. The van der Waals surface area contributed by atoms with Crippen LogP contribution < -0.4 is 15.1 Å². The molecule has 10 heteroatoms. The van der Waals surface area contributed by atoms with Gasteiger partial charge in [-0.1, -0.05) is 0 Å². The Hall–Kier alpha value is -3.76. The molecule has 2 aliphatic rings. The molecule has 0 saturated heterocycles. The fourth-order valence-electron chi connectivity index (χ4n) is 4.81. The van der Waals surface area contributed by atoms with E-state index in [4.69, 9.17) is 5.10 Å². The van der Waals surface area contributed by atoms with E-state index in [-0.39, 0.29) is 17.5 Å². The molecule has 34 heavy (non-hydrogen) atoms. The summed E-state index contributed by atoms with van der Waals surface area (Å²) in [6, 6.07) is 9.51. The van der Waals surface area contributed by atoms with Gasteiger partial charge >= 0.3 is 0 Å². The Morgan fingerprint density at radius 2 is 1.82 bits per heavy atom. The lowest BCUT2D eigenvalue weighted by atomic mass is 10.1. The summed E-state index contributed by atoms with van der Waals surface area (Å²) in [4.78, 5) is 3.15. The van der Waals surface area contributed by atoms with Crippen LogP contribution >= 0.6 is 0 Å². The van der Waals surface area contributed by atoms with Crippen LogP contribution in [0.4, 0.5) is 20.2 Å². The number of aromatic nitrogens is 4. The Balaban J connectivity index is 1.45. The number of benzene rings is 2. The van der Waals surface area contributed by atoms with Gasteiger partial charge in [-0.15, -0.1) is 0 Å². The Kier molecular flexibility index (Phi) is 4.68. The van der Waals surface area contributed by atoms with Crippen LogP contribution in [0, 0.1) is 11.6 Å². The van der Waals surface area contributed by atoms with Gasteiger partial charge in [0.25, 0.3) is 0 Å². The molecule has 0 spiro atoms. The number of rotatable bonds is 3. The highest BCUT2D eigenvalue weighted by atomic mass is 19.1. The Labute approximate surface area is 194 Å². The van der Waals surface area contributed by atoms with Crippen molar-refractivity contribution in [3.63, 3.8) is 0 Å². The maximum Gasteiger partial charge on any atom is 0.215 e. The highest BCUT2D eigenvalue weighted by Gasteiger charge is 2.36. The summed E-state index contributed by atoms with van der Waals surface area (Å²) in [6.45, 7) is 3.46. The van der Waals surface area contributed by atoms with Crippen LogP contribution in [-0.2, 0) is 13.6 Å². The SMILES string of the molecule is C[C@@H]1NCCn2nc(-c3ccc(F)cc3)c(N3C=CN(c4ccc5c(cnn5C)c4F)C3O)c21. The van der Waals surface area contributed by atoms with Gasteiger partial charge in [0, 0.05) is 37.6 Å². The number of halogens is 2. The predicted octanol–water partition coefficient (Wildman–Crippen LogP) is 3.45. The van der Waals surface area contributed by atoms with Crippen LogP contribution in [0.25, 0.3) is 22.2 Å². The first-order valence-corrected chi connectivity index (χ1v) is 11.1. The molecule has 0 amide bonds. The summed E-state index contributed by atoms with van der Waals surface area (Å²) >= 11 is 0. The lowest BCUT2D eigenvalue weighted by Crippen LogP contribution is -2.40. The number of hydrogen-bond acceptors (Lipinski definition) is 6. The number of anilines is 2. The molecule has 2 atom stereocenters. The lowest BCUT2D eigenvalue weighted by molar-refractivity contribution is 0.191. The van der Waals surface area contributed by atoms with E-state index in [1.165, 1.54) is 23.2 Å². The molecular weight excluding hydrogens is 440 g/mol. The molecule has 8 nitrogen and oxygen atoms in total. The third-order valence-corrected chi connectivity index (χ3v) is 6.53. The minimum atomic E-state index is -1.20. The van der Waals surface area contributed by atoms with Gasteiger partial charge in [0.05, 0.1) is 40.7 Å². The number of nitrogens with zero attached hydrogens (tertiary/aromatic N) is 6. The van der Waals surface area contributed by atoms with E-state index < -0.39 is 12.2 Å². The topological polar surface area (TPSA) is 74.4 Å². The van der Waals surface area contributed by atoms with E-state index in [1.54, 1.807) is 53.3 Å². The number of aryl methyl sites for hydroxylation is 1. The van der Waals surface area contributed by atoms with E-state index in [0.29, 0.717) is 28.8 Å². The van der Waals surface area contributed by atoms with E-state index in [1.807, 2.05) is 11.6 Å². The first kappa shape index (κ1) is 20.8. The molecule has 2 N–H and O–H groups in total. The third kappa shape index (κ3) is 3.02. The number of hydrogen-bond donors (Lipinski definition) is 2. The third-order valence-electron chi connectivity index (χ3n) is 6.53. The van der Waals surface area contributed by atoms with Crippen molar-refractivity contribution < 1.29 is 13.9 Å². The van der Waals surface area contributed by atoms with Gasteiger partial charge in [-0.05, 0) is 43.3 Å². The number of aliphatic hydroxyl groups excluding tert-OH is 1. The molecule has 2 aromatic carbocycles. The van der Waals surface area contributed by atoms with E-state index in [9.17, 15) is 9.50 Å². The van der Waals surface area contributed by atoms with E-state index in [2.05, 4.69) is 10.4 Å². The Bertz CT molecular complexity index is 1430. The first-order chi connectivity index (χ1) is 16.4. The summed E-state index contributed by atoms with van der Waals surface area (Å²) in [5.74, 6) is -0.792. The second-order valence-corrected chi connectivity index (χ2v) is 8.55. The minimum absolute atomic E-state index is 0.0245. The number of fused-ring (bicyclic) bond motifs is 2. The van der Waals surface area contributed by atoms with E-state index >= 15 is 4.39 Å². The maximum atomic E-state index is 15.4. The average molecular weight is 463 g/mol. The van der Waals surface area contributed by atoms with Crippen LogP contribution in [0.5, 0.6) is 0 Å². The second-order valence-electron chi connectivity index (χ2n) is 8.55. The molecular formula is C24H23F2N7O. The number of aliphatic hydroxyl groups is 1. The fourth-order valence-corrected chi connectivity index (χ4v) is 4.81. The summed E-state index contributed by atoms with van der Waals surface area (Å²) in [7, 11) is 1.75. The number of nitrogens with one attached hydrogen (secondary N) is 1. The van der Waals surface area contributed by atoms with Gasteiger partial charge in [-0.2, -0.15) is 10.2 Å². The van der Waals surface area contributed by atoms with E-state index in [0.717, 1.165) is 17.8 Å². The standard InChI is InChI=1S/C24H23F2N7O/c1-14-22-23(21(29-33(22)10-9-27-14)15-3-5-16(25)6-4-15)32-12-11-31(24(32)34)19-8-7-18-17(20(19)26)13-28-30(18)2/h3-8,11-14,24,27,34H,9-10H2,1-2H3/t14-,24?/m0/s1. The molecule has 2 aromatic heterocycles. The Morgan fingerprint density at radius 1 is 1.06 bits per heavy atom. The van der Waals surface area contributed by atoms with Gasteiger partial charge in [0.15, 0.2) is 5.82 Å². The average Bonchev–Trinajstić information content (AvgIpc) is 3.51. The minimum Gasteiger partial charge on any atom is -0.356 e. The van der Waals surface area contributed by atoms with Gasteiger partial charge in [0.1, 0.15) is 11.5 Å². The van der Waals surface area contributed by atoms with Gasteiger partial charge in [-0.25, -0.2) is 8.78 Å². The molecule has 4 aromatic rings. The summed E-state index contributed by atoms with van der Waals surface area (Å²) in [6.07, 6.45) is 3.63. The smallest absolute Gasteiger partial charge is 0.215 e. The second kappa shape index (κ2) is 7.64. The molecule has 1 unspecified atom stereocenters. The predicted molar refractivity (Wildman–Crippen MR) is 125 cm³/mol. The Morgan fingerprint density at radius 3 is 2.62 bits per heavy atom. The molecule has 174 valence electrons. The zero-order valence-electron chi connectivity index (χ0n) is 18.7. The van der Waals surface area contributed by atoms with Gasteiger partial charge in [0.2, 0.25) is 6.35 Å².